The summed E-state index contributed by atoms with van der Waals surface area (Å²) in [6.07, 6.45) is 0.774. The smallest absolute Gasteiger partial charge is 0.169 e. The molecule has 0 amide bonds. The lowest BCUT2D eigenvalue weighted by Gasteiger charge is -2.05. The van der Waals surface area contributed by atoms with Gasteiger partial charge in [-0.05, 0) is 46.0 Å². The number of hydrogen-bond donors (Lipinski definition) is 0. The Morgan fingerprint density at radius 2 is 1.95 bits per heavy atom. The number of halogens is 3. The Morgan fingerprint density at radius 3 is 2.65 bits per heavy atom. The first kappa shape index (κ1) is 13.8. The number of ketones is 1. The molecule has 0 radical (unpaired) electrons. The van der Waals surface area contributed by atoms with E-state index in [1.165, 1.54) is 12.1 Å². The minimum Gasteiger partial charge on any atom is -0.294 e. The Balaban J connectivity index is 1.84. The van der Waals surface area contributed by atoms with Gasteiger partial charge >= 0.3 is 0 Å². The summed E-state index contributed by atoms with van der Waals surface area (Å²) in [4.78, 5) is 12.4. The van der Waals surface area contributed by atoms with Gasteiger partial charge in [0.05, 0.1) is 10.6 Å². The summed E-state index contributed by atoms with van der Waals surface area (Å²) in [6.45, 7) is 0. The van der Waals surface area contributed by atoms with E-state index in [0.29, 0.717) is 9.50 Å². The zero-order chi connectivity index (χ0) is 14.3. The first-order valence-corrected chi connectivity index (χ1v) is 7.48. The van der Waals surface area contributed by atoms with E-state index in [-0.39, 0.29) is 23.2 Å². The maximum atomic E-state index is 13.9. The SMILES string of the molecule is O=C(c1cc(Cl)c(Br)cc1F)C1CC1c1ccccc1. The summed E-state index contributed by atoms with van der Waals surface area (Å²) in [5.41, 5.74) is 1.22. The second-order valence-corrected chi connectivity index (χ2v) is 6.23. The van der Waals surface area contributed by atoms with Crippen LogP contribution in [-0.2, 0) is 0 Å². The molecule has 0 N–H and O–H groups in total. The number of Topliss-reactive ketones (excluding diaryl/α,β-unsaturated/α-hetero) is 1. The van der Waals surface area contributed by atoms with Crippen molar-refractivity contribution in [2.75, 3.05) is 0 Å². The van der Waals surface area contributed by atoms with E-state index in [1.54, 1.807) is 0 Å². The van der Waals surface area contributed by atoms with E-state index >= 15 is 0 Å². The van der Waals surface area contributed by atoms with Gasteiger partial charge in [-0.25, -0.2) is 4.39 Å². The molecule has 0 aliphatic heterocycles. The van der Waals surface area contributed by atoms with Crippen molar-refractivity contribution in [3.05, 3.63) is 68.9 Å². The van der Waals surface area contributed by atoms with E-state index in [0.717, 1.165) is 12.0 Å². The van der Waals surface area contributed by atoms with Crippen LogP contribution in [0, 0.1) is 11.7 Å². The molecule has 1 aliphatic rings. The van der Waals surface area contributed by atoms with Gasteiger partial charge in [0.2, 0.25) is 0 Å². The Hall–Kier alpha value is -1.19. The van der Waals surface area contributed by atoms with Crippen LogP contribution in [0.1, 0.15) is 28.3 Å². The minimum absolute atomic E-state index is 0.0848. The van der Waals surface area contributed by atoms with Crippen LogP contribution in [0.3, 0.4) is 0 Å². The predicted molar refractivity (Wildman–Crippen MR) is 80.7 cm³/mol. The van der Waals surface area contributed by atoms with Gasteiger partial charge in [-0.15, -0.1) is 0 Å². The fourth-order valence-electron chi connectivity index (χ4n) is 2.46. The van der Waals surface area contributed by atoms with E-state index in [2.05, 4.69) is 15.9 Å². The molecule has 2 unspecified atom stereocenters. The highest BCUT2D eigenvalue weighted by molar-refractivity contribution is 9.10. The molecule has 2 aromatic carbocycles. The van der Waals surface area contributed by atoms with E-state index in [1.807, 2.05) is 30.3 Å². The second kappa shape index (κ2) is 5.30. The van der Waals surface area contributed by atoms with Gasteiger partial charge in [0.25, 0.3) is 0 Å². The van der Waals surface area contributed by atoms with Gasteiger partial charge in [0, 0.05) is 10.4 Å². The van der Waals surface area contributed by atoms with Crippen molar-refractivity contribution < 1.29 is 9.18 Å². The zero-order valence-electron chi connectivity index (χ0n) is 10.4. The largest absolute Gasteiger partial charge is 0.294 e. The standard InChI is InChI=1S/C16H11BrClFO/c17-13-8-15(19)12(7-14(13)18)16(20)11-6-10(11)9-4-2-1-3-5-9/h1-5,7-8,10-11H,6H2. The maximum Gasteiger partial charge on any atom is 0.169 e. The van der Waals surface area contributed by atoms with Gasteiger partial charge < -0.3 is 0 Å². The summed E-state index contributed by atoms with van der Waals surface area (Å²) in [5, 5.41) is 0.353. The monoisotopic (exact) mass is 352 g/mol. The van der Waals surface area contributed by atoms with Crippen LogP contribution < -0.4 is 0 Å². The molecular weight excluding hydrogens is 343 g/mol. The molecule has 20 heavy (non-hydrogen) atoms. The molecule has 2 atom stereocenters. The Kier molecular flexibility index (Phi) is 3.65. The molecule has 1 saturated carbocycles. The molecule has 1 aliphatic carbocycles. The number of hydrogen-bond acceptors (Lipinski definition) is 1. The number of benzene rings is 2. The highest BCUT2D eigenvalue weighted by atomic mass is 79.9. The van der Waals surface area contributed by atoms with Crippen LogP contribution in [0.25, 0.3) is 0 Å². The topological polar surface area (TPSA) is 17.1 Å². The van der Waals surface area contributed by atoms with Crippen LogP contribution in [0.2, 0.25) is 5.02 Å². The normalized spacial score (nSPS) is 20.8. The van der Waals surface area contributed by atoms with Crippen molar-refractivity contribution in [2.24, 2.45) is 5.92 Å². The summed E-state index contributed by atoms with van der Waals surface area (Å²) in [6, 6.07) is 12.5. The Morgan fingerprint density at radius 1 is 1.25 bits per heavy atom. The van der Waals surface area contributed by atoms with Gasteiger partial charge in [-0.2, -0.15) is 0 Å². The van der Waals surface area contributed by atoms with Crippen LogP contribution in [0.4, 0.5) is 4.39 Å². The molecule has 2 aromatic rings. The molecule has 3 rings (SSSR count). The second-order valence-electron chi connectivity index (χ2n) is 4.97. The van der Waals surface area contributed by atoms with Crippen molar-refractivity contribution in [2.45, 2.75) is 12.3 Å². The van der Waals surface area contributed by atoms with Crippen molar-refractivity contribution >= 4 is 33.3 Å². The average Bonchev–Trinajstić information content (AvgIpc) is 3.23. The Bertz CT molecular complexity index is 672. The molecule has 0 spiro atoms. The first-order valence-electron chi connectivity index (χ1n) is 6.31. The summed E-state index contributed by atoms with van der Waals surface area (Å²) in [5.74, 6) is -0.620. The van der Waals surface area contributed by atoms with E-state index in [9.17, 15) is 9.18 Å². The minimum atomic E-state index is -0.523. The van der Waals surface area contributed by atoms with Crippen molar-refractivity contribution in [1.82, 2.24) is 0 Å². The number of carbonyl (C=O) groups is 1. The van der Waals surface area contributed by atoms with Crippen LogP contribution in [0.5, 0.6) is 0 Å². The molecule has 0 heterocycles. The average molecular weight is 354 g/mol. The van der Waals surface area contributed by atoms with E-state index in [4.69, 9.17) is 11.6 Å². The van der Waals surface area contributed by atoms with Gasteiger partial charge in [-0.1, -0.05) is 41.9 Å². The lowest BCUT2D eigenvalue weighted by molar-refractivity contribution is 0.0961. The molecule has 1 nitrogen and oxygen atoms in total. The molecule has 0 aromatic heterocycles. The number of carbonyl (C=O) groups excluding carboxylic acids is 1. The van der Waals surface area contributed by atoms with Gasteiger partial charge in [-0.3, -0.25) is 4.79 Å². The van der Waals surface area contributed by atoms with E-state index < -0.39 is 5.82 Å². The fraction of sp³-hybridized carbons (Fsp3) is 0.188. The van der Waals surface area contributed by atoms with Crippen molar-refractivity contribution in [3.8, 4) is 0 Å². The number of rotatable bonds is 3. The summed E-state index contributed by atoms with van der Waals surface area (Å²) in [7, 11) is 0. The van der Waals surface area contributed by atoms with Crippen LogP contribution in [0.15, 0.2) is 46.9 Å². The molecule has 102 valence electrons. The summed E-state index contributed by atoms with van der Waals surface area (Å²) >= 11 is 9.09. The fourth-order valence-corrected chi connectivity index (χ4v) is 2.94. The third-order valence-electron chi connectivity index (χ3n) is 3.63. The Labute approximate surface area is 129 Å². The van der Waals surface area contributed by atoms with Crippen molar-refractivity contribution in [3.63, 3.8) is 0 Å². The lowest BCUT2D eigenvalue weighted by Crippen LogP contribution is -2.06. The predicted octanol–water partition coefficient (Wildman–Crippen LogP) is 5.23. The third-order valence-corrected chi connectivity index (χ3v) is 4.83. The molecule has 0 bridgehead atoms. The van der Waals surface area contributed by atoms with Crippen LogP contribution in [-0.4, -0.2) is 5.78 Å². The van der Waals surface area contributed by atoms with Gasteiger partial charge in [0.15, 0.2) is 5.78 Å². The van der Waals surface area contributed by atoms with Crippen LogP contribution >= 0.6 is 27.5 Å². The highest BCUT2D eigenvalue weighted by Gasteiger charge is 2.44. The van der Waals surface area contributed by atoms with Gasteiger partial charge in [0.1, 0.15) is 5.82 Å². The molecular formula is C16H11BrClFO. The maximum absolute atomic E-state index is 13.9. The quantitative estimate of drug-likeness (QED) is 0.545. The third kappa shape index (κ3) is 2.52. The molecule has 4 heteroatoms. The van der Waals surface area contributed by atoms with Crippen molar-refractivity contribution in [1.29, 1.82) is 0 Å². The lowest BCUT2D eigenvalue weighted by atomic mass is 10.0. The first-order chi connectivity index (χ1) is 9.58. The highest BCUT2D eigenvalue weighted by Crippen LogP contribution is 2.49. The summed E-state index contributed by atoms with van der Waals surface area (Å²) < 4.78 is 14.4. The molecule has 1 fully saturated rings. The molecule has 0 saturated heterocycles. The zero-order valence-corrected chi connectivity index (χ0v) is 12.8.